The van der Waals surface area contributed by atoms with E-state index in [1.165, 1.54) is 6.26 Å². The quantitative estimate of drug-likeness (QED) is 0.862. The van der Waals surface area contributed by atoms with Crippen LogP contribution in [0.3, 0.4) is 0 Å². The number of benzene rings is 1. The largest absolute Gasteiger partial charge is 0.484 e. The van der Waals surface area contributed by atoms with Crippen LogP contribution in [0.15, 0.2) is 28.9 Å². The number of aromatic nitrogens is 1. The fourth-order valence-corrected chi connectivity index (χ4v) is 2.94. The molecule has 2 aliphatic rings. The number of carbonyl (C=O) groups is 2. The van der Waals surface area contributed by atoms with Crippen LogP contribution >= 0.6 is 0 Å². The third-order valence-electron chi connectivity index (χ3n) is 4.44. The molecule has 3 heterocycles. The Labute approximate surface area is 155 Å². The number of amides is 2. The Morgan fingerprint density at radius 2 is 2.22 bits per heavy atom. The first-order chi connectivity index (χ1) is 13.1. The average molecular weight is 373 g/mol. The summed E-state index contributed by atoms with van der Waals surface area (Å²) in [5.74, 6) is 1.83. The highest BCUT2D eigenvalue weighted by molar-refractivity contribution is 5.92. The lowest BCUT2D eigenvalue weighted by Gasteiger charge is -2.25. The van der Waals surface area contributed by atoms with Gasteiger partial charge in [-0.25, -0.2) is 4.98 Å². The van der Waals surface area contributed by atoms with Crippen molar-refractivity contribution in [3.8, 4) is 17.2 Å². The van der Waals surface area contributed by atoms with Crippen molar-refractivity contribution in [1.29, 1.82) is 0 Å². The van der Waals surface area contributed by atoms with Gasteiger partial charge in [0.05, 0.1) is 0 Å². The standard InChI is InChI=1S/C18H19N3O6/c1-11-7-19-16(22)4-5-21(11)18(23)13-8-25-17(20-13)9-24-12-2-3-14-15(6-12)27-10-26-14/h2-3,6,8,11H,4-5,7,9-10H2,1H3,(H,19,22)/t11-/m0/s1. The molecule has 0 aliphatic carbocycles. The molecule has 1 aromatic heterocycles. The lowest BCUT2D eigenvalue weighted by atomic mass is 10.2. The van der Waals surface area contributed by atoms with Crippen molar-refractivity contribution in [1.82, 2.24) is 15.2 Å². The van der Waals surface area contributed by atoms with E-state index >= 15 is 0 Å². The number of rotatable bonds is 4. The van der Waals surface area contributed by atoms with E-state index in [1.807, 2.05) is 6.92 Å². The summed E-state index contributed by atoms with van der Waals surface area (Å²) < 4.78 is 21.5. The van der Waals surface area contributed by atoms with Gasteiger partial charge in [0.25, 0.3) is 5.91 Å². The molecule has 2 aliphatic heterocycles. The summed E-state index contributed by atoms with van der Waals surface area (Å²) in [7, 11) is 0. The van der Waals surface area contributed by atoms with Crippen LogP contribution in [0.4, 0.5) is 0 Å². The van der Waals surface area contributed by atoms with E-state index in [-0.39, 0.29) is 49.3 Å². The number of hydrogen-bond donors (Lipinski definition) is 1. The Bertz CT molecular complexity index is 865. The molecule has 4 rings (SSSR count). The third-order valence-corrected chi connectivity index (χ3v) is 4.44. The minimum atomic E-state index is -0.267. The summed E-state index contributed by atoms with van der Waals surface area (Å²) >= 11 is 0. The van der Waals surface area contributed by atoms with Gasteiger partial charge in [-0.15, -0.1) is 0 Å². The van der Waals surface area contributed by atoms with Crippen LogP contribution in [0.2, 0.25) is 0 Å². The van der Waals surface area contributed by atoms with Gasteiger partial charge in [-0.05, 0) is 19.1 Å². The first kappa shape index (κ1) is 17.2. The van der Waals surface area contributed by atoms with E-state index in [4.69, 9.17) is 18.6 Å². The van der Waals surface area contributed by atoms with Gasteiger partial charge in [0.15, 0.2) is 23.8 Å². The maximum absolute atomic E-state index is 12.7. The molecule has 1 atom stereocenters. The number of carbonyl (C=O) groups excluding carboxylic acids is 2. The number of ether oxygens (including phenoxy) is 3. The van der Waals surface area contributed by atoms with Crippen LogP contribution in [0.1, 0.15) is 29.7 Å². The highest BCUT2D eigenvalue weighted by atomic mass is 16.7. The first-order valence-corrected chi connectivity index (χ1v) is 8.64. The van der Waals surface area contributed by atoms with Gasteiger partial charge in [0, 0.05) is 31.6 Å². The molecule has 0 unspecified atom stereocenters. The van der Waals surface area contributed by atoms with Crippen molar-refractivity contribution in [2.24, 2.45) is 0 Å². The van der Waals surface area contributed by atoms with Crippen LogP contribution in [0.5, 0.6) is 17.2 Å². The molecule has 9 heteroatoms. The third kappa shape index (κ3) is 3.67. The fourth-order valence-electron chi connectivity index (χ4n) is 2.94. The smallest absolute Gasteiger partial charge is 0.276 e. The fraction of sp³-hybridized carbons (Fsp3) is 0.389. The summed E-state index contributed by atoms with van der Waals surface area (Å²) in [4.78, 5) is 30.0. The topological polar surface area (TPSA) is 103 Å². The van der Waals surface area contributed by atoms with Crippen molar-refractivity contribution >= 4 is 11.8 Å². The molecular weight excluding hydrogens is 354 g/mol. The average Bonchev–Trinajstić information content (AvgIpc) is 3.30. The molecule has 0 bridgehead atoms. The maximum Gasteiger partial charge on any atom is 0.276 e. The summed E-state index contributed by atoms with van der Waals surface area (Å²) in [5.41, 5.74) is 0.195. The second-order valence-electron chi connectivity index (χ2n) is 6.33. The number of oxazole rings is 1. The molecule has 27 heavy (non-hydrogen) atoms. The zero-order valence-corrected chi connectivity index (χ0v) is 14.8. The van der Waals surface area contributed by atoms with E-state index in [0.29, 0.717) is 30.3 Å². The maximum atomic E-state index is 12.7. The molecule has 142 valence electrons. The predicted octanol–water partition coefficient (Wildman–Crippen LogP) is 1.33. The molecule has 1 N–H and O–H groups in total. The molecular formula is C18H19N3O6. The van der Waals surface area contributed by atoms with Crippen LogP contribution in [0, 0.1) is 0 Å². The predicted molar refractivity (Wildman–Crippen MR) is 91.5 cm³/mol. The molecule has 1 aromatic carbocycles. The van der Waals surface area contributed by atoms with Crippen molar-refractivity contribution in [2.45, 2.75) is 26.0 Å². The lowest BCUT2D eigenvalue weighted by molar-refractivity contribution is -0.120. The number of nitrogens with zero attached hydrogens (tertiary/aromatic N) is 2. The summed E-state index contributed by atoms with van der Waals surface area (Å²) in [6.45, 7) is 2.92. The number of nitrogens with one attached hydrogen (secondary N) is 1. The molecule has 0 radical (unpaired) electrons. The second kappa shape index (κ2) is 7.18. The monoisotopic (exact) mass is 373 g/mol. The van der Waals surface area contributed by atoms with Crippen LogP contribution in [0.25, 0.3) is 0 Å². The zero-order chi connectivity index (χ0) is 18.8. The Balaban J connectivity index is 1.39. The first-order valence-electron chi connectivity index (χ1n) is 8.64. The van der Waals surface area contributed by atoms with Gasteiger partial charge < -0.3 is 28.8 Å². The van der Waals surface area contributed by atoms with Crippen LogP contribution in [-0.4, -0.2) is 47.6 Å². The molecule has 2 amide bonds. The second-order valence-corrected chi connectivity index (χ2v) is 6.33. The normalized spacial score (nSPS) is 18.8. The lowest BCUT2D eigenvalue weighted by Crippen LogP contribution is -2.42. The molecule has 1 fully saturated rings. The molecule has 0 saturated carbocycles. The zero-order valence-electron chi connectivity index (χ0n) is 14.8. The Kier molecular flexibility index (Phi) is 4.57. The van der Waals surface area contributed by atoms with Gasteiger partial charge in [0.2, 0.25) is 18.6 Å². The van der Waals surface area contributed by atoms with Gasteiger partial charge >= 0.3 is 0 Å². The van der Waals surface area contributed by atoms with E-state index < -0.39 is 0 Å². The van der Waals surface area contributed by atoms with Crippen molar-refractivity contribution in [2.75, 3.05) is 19.9 Å². The minimum Gasteiger partial charge on any atom is -0.484 e. The summed E-state index contributed by atoms with van der Waals surface area (Å²) in [5, 5.41) is 2.78. The van der Waals surface area contributed by atoms with E-state index in [2.05, 4.69) is 10.3 Å². The van der Waals surface area contributed by atoms with Gasteiger partial charge in [-0.2, -0.15) is 0 Å². The highest BCUT2D eigenvalue weighted by Crippen LogP contribution is 2.35. The van der Waals surface area contributed by atoms with Gasteiger partial charge in [-0.3, -0.25) is 9.59 Å². The number of fused-ring (bicyclic) bond motifs is 1. The van der Waals surface area contributed by atoms with E-state index in [9.17, 15) is 9.59 Å². The van der Waals surface area contributed by atoms with Gasteiger partial charge in [0.1, 0.15) is 12.0 Å². The molecule has 0 spiro atoms. The summed E-state index contributed by atoms with van der Waals surface area (Å²) in [6, 6.07) is 5.12. The van der Waals surface area contributed by atoms with Gasteiger partial charge in [-0.1, -0.05) is 0 Å². The highest BCUT2D eigenvalue weighted by Gasteiger charge is 2.27. The summed E-state index contributed by atoms with van der Waals surface area (Å²) in [6.07, 6.45) is 1.58. The minimum absolute atomic E-state index is 0.0601. The van der Waals surface area contributed by atoms with Crippen molar-refractivity contribution in [3.05, 3.63) is 36.0 Å². The van der Waals surface area contributed by atoms with E-state index in [0.717, 1.165) is 0 Å². The van der Waals surface area contributed by atoms with Crippen molar-refractivity contribution in [3.63, 3.8) is 0 Å². The molecule has 2 aromatic rings. The Morgan fingerprint density at radius 3 is 3.11 bits per heavy atom. The van der Waals surface area contributed by atoms with Crippen LogP contribution < -0.4 is 19.5 Å². The van der Waals surface area contributed by atoms with E-state index in [1.54, 1.807) is 23.1 Å². The SMILES string of the molecule is C[C@H]1CNC(=O)CCN1C(=O)c1coc(COc2ccc3c(c2)OCO3)n1. The van der Waals surface area contributed by atoms with Crippen LogP contribution in [-0.2, 0) is 11.4 Å². The molecule has 9 nitrogen and oxygen atoms in total. The molecule has 1 saturated heterocycles. The van der Waals surface area contributed by atoms with Crippen molar-refractivity contribution < 1.29 is 28.2 Å². The number of hydrogen-bond acceptors (Lipinski definition) is 7. The Morgan fingerprint density at radius 1 is 1.37 bits per heavy atom. The Hall–Kier alpha value is -3.23.